The summed E-state index contributed by atoms with van der Waals surface area (Å²) in [7, 11) is -2.20. The van der Waals surface area contributed by atoms with Crippen LogP contribution in [0.15, 0.2) is 0 Å². The Labute approximate surface area is 119 Å². The highest BCUT2D eigenvalue weighted by atomic mass is 32.2. The van der Waals surface area contributed by atoms with Gasteiger partial charge in [-0.25, -0.2) is 8.42 Å². The average Bonchev–Trinajstić information content (AvgIpc) is 3.14. The predicted molar refractivity (Wildman–Crippen MR) is 71.5 cm³/mol. The Hall–Kier alpha value is -0.660. The molecule has 0 aromatic rings. The molecule has 3 rings (SSSR count). The number of carbonyl (C=O) groups is 1. The van der Waals surface area contributed by atoms with Crippen LogP contribution in [0.4, 0.5) is 0 Å². The lowest BCUT2D eigenvalue weighted by molar-refractivity contribution is -0.141. The highest BCUT2D eigenvalue weighted by Gasteiger charge is 2.49. The molecule has 2 bridgehead atoms. The predicted octanol–water partition coefficient (Wildman–Crippen LogP) is 0.427. The van der Waals surface area contributed by atoms with E-state index in [1.54, 1.807) is 0 Å². The molecule has 0 radical (unpaired) electrons. The van der Waals surface area contributed by atoms with Gasteiger partial charge in [0, 0.05) is 13.5 Å². The minimum Gasteiger partial charge on any atom is -0.378 e. The second-order valence-electron chi connectivity index (χ2n) is 6.19. The first-order valence-electron chi connectivity index (χ1n) is 7.16. The Kier molecular flexibility index (Phi) is 3.54. The molecule has 7 heteroatoms. The first-order valence-corrected chi connectivity index (χ1v) is 8.70. The first kappa shape index (κ1) is 14.3. The van der Waals surface area contributed by atoms with Crippen LogP contribution in [0.1, 0.15) is 32.1 Å². The molecule has 0 aromatic carbocycles. The van der Waals surface area contributed by atoms with Crippen LogP contribution in [0.2, 0.25) is 0 Å². The van der Waals surface area contributed by atoms with Crippen LogP contribution in [0.25, 0.3) is 0 Å². The number of hydrogen-bond acceptors (Lipinski definition) is 5. The van der Waals surface area contributed by atoms with E-state index in [1.165, 1.54) is 7.11 Å². The largest absolute Gasteiger partial charge is 0.378 e. The lowest BCUT2D eigenvalue weighted by Gasteiger charge is -2.27. The van der Waals surface area contributed by atoms with Gasteiger partial charge in [0.2, 0.25) is 10.0 Å². The summed E-state index contributed by atoms with van der Waals surface area (Å²) in [6.07, 6.45) is 4.15. The minimum atomic E-state index is -3.61. The van der Waals surface area contributed by atoms with Gasteiger partial charge in [-0.15, -0.1) is 0 Å². The zero-order valence-corrected chi connectivity index (χ0v) is 12.4. The monoisotopic (exact) mass is 303 g/mol. The maximum atomic E-state index is 12.4. The number of nitrogens with one attached hydrogen (secondary N) is 1. The van der Waals surface area contributed by atoms with Crippen molar-refractivity contribution in [1.82, 2.24) is 4.72 Å². The molecule has 20 heavy (non-hydrogen) atoms. The third-order valence-electron chi connectivity index (χ3n) is 5.10. The smallest absolute Gasteiger partial charge is 0.268 e. The van der Waals surface area contributed by atoms with Crippen molar-refractivity contribution >= 4 is 15.9 Å². The summed E-state index contributed by atoms with van der Waals surface area (Å²) in [5, 5.41) is -0.415. The second-order valence-corrected chi connectivity index (χ2v) is 8.09. The number of carbonyl (C=O) groups excluding carboxylic acids is 1. The fraction of sp³-hybridized carbons (Fsp3) is 0.923. The summed E-state index contributed by atoms with van der Waals surface area (Å²) in [5.74, 6) is 0.145. The standard InChI is InChI=1S/C13H21NO5S/c1-18-13(4-5-19-8-13)12(15)14-20(16,17)11-7-9-2-3-10(11)6-9/h9-11H,2-8H2,1H3,(H,14,15)/t9-,10+,11?,13?/m1/s1. The van der Waals surface area contributed by atoms with Crippen molar-refractivity contribution in [3.63, 3.8) is 0 Å². The molecular weight excluding hydrogens is 282 g/mol. The molecule has 2 unspecified atom stereocenters. The molecule has 1 N–H and O–H groups in total. The number of methoxy groups -OCH3 is 1. The summed E-state index contributed by atoms with van der Waals surface area (Å²) < 4.78 is 37.5. The molecule has 3 aliphatic rings. The van der Waals surface area contributed by atoms with Gasteiger partial charge in [-0.1, -0.05) is 6.42 Å². The van der Waals surface area contributed by atoms with Gasteiger partial charge in [-0.2, -0.15) is 0 Å². The maximum absolute atomic E-state index is 12.4. The zero-order valence-electron chi connectivity index (χ0n) is 11.6. The van der Waals surface area contributed by atoms with Crippen molar-refractivity contribution in [1.29, 1.82) is 0 Å². The number of fused-ring (bicyclic) bond motifs is 2. The van der Waals surface area contributed by atoms with Gasteiger partial charge >= 0.3 is 0 Å². The van der Waals surface area contributed by atoms with Crippen LogP contribution in [-0.2, 0) is 24.3 Å². The van der Waals surface area contributed by atoms with E-state index in [1.807, 2.05) is 0 Å². The van der Waals surface area contributed by atoms with Crippen LogP contribution >= 0.6 is 0 Å². The summed E-state index contributed by atoms with van der Waals surface area (Å²) in [6.45, 7) is 0.525. The number of sulfonamides is 1. The lowest BCUT2D eigenvalue weighted by Crippen LogP contribution is -2.53. The summed E-state index contributed by atoms with van der Waals surface area (Å²) in [6, 6.07) is 0. The third-order valence-corrected chi connectivity index (χ3v) is 6.94. The van der Waals surface area contributed by atoms with Gasteiger partial charge in [0.05, 0.1) is 18.5 Å². The Morgan fingerprint density at radius 1 is 1.35 bits per heavy atom. The summed E-state index contributed by atoms with van der Waals surface area (Å²) in [4.78, 5) is 12.3. The van der Waals surface area contributed by atoms with Crippen LogP contribution in [0, 0.1) is 11.8 Å². The van der Waals surface area contributed by atoms with E-state index in [2.05, 4.69) is 4.72 Å². The molecule has 1 amide bonds. The van der Waals surface area contributed by atoms with E-state index < -0.39 is 26.8 Å². The van der Waals surface area contributed by atoms with Crippen molar-refractivity contribution in [3.8, 4) is 0 Å². The normalized spacial score (nSPS) is 40.1. The van der Waals surface area contributed by atoms with Gasteiger partial charge < -0.3 is 9.47 Å². The van der Waals surface area contributed by atoms with Crippen molar-refractivity contribution in [2.75, 3.05) is 20.3 Å². The molecule has 0 aromatic heterocycles. The maximum Gasteiger partial charge on any atom is 0.268 e. The molecule has 3 fully saturated rings. The van der Waals surface area contributed by atoms with Crippen LogP contribution < -0.4 is 4.72 Å². The van der Waals surface area contributed by atoms with E-state index in [9.17, 15) is 13.2 Å². The average molecular weight is 303 g/mol. The second kappa shape index (κ2) is 4.96. The van der Waals surface area contributed by atoms with Crippen molar-refractivity contribution < 1.29 is 22.7 Å². The van der Waals surface area contributed by atoms with Crippen molar-refractivity contribution in [2.45, 2.75) is 43.0 Å². The molecule has 2 saturated carbocycles. The Balaban J connectivity index is 1.72. The number of ether oxygens (including phenoxy) is 2. The quantitative estimate of drug-likeness (QED) is 0.814. The molecule has 6 nitrogen and oxygen atoms in total. The summed E-state index contributed by atoms with van der Waals surface area (Å²) >= 11 is 0. The molecule has 2 aliphatic carbocycles. The minimum absolute atomic E-state index is 0.113. The highest BCUT2D eigenvalue weighted by Crippen LogP contribution is 2.47. The van der Waals surface area contributed by atoms with Gasteiger partial charge in [-0.05, 0) is 31.1 Å². The number of amides is 1. The summed E-state index contributed by atoms with van der Waals surface area (Å²) in [5.41, 5.74) is -1.15. The lowest BCUT2D eigenvalue weighted by atomic mass is 10.0. The topological polar surface area (TPSA) is 81.7 Å². The van der Waals surface area contributed by atoms with E-state index in [-0.39, 0.29) is 12.5 Å². The molecule has 4 atom stereocenters. The highest BCUT2D eigenvalue weighted by molar-refractivity contribution is 7.90. The fourth-order valence-corrected chi connectivity index (χ4v) is 5.72. The van der Waals surface area contributed by atoms with Crippen LogP contribution in [-0.4, -0.2) is 45.5 Å². The Bertz CT molecular complexity index is 497. The van der Waals surface area contributed by atoms with Gasteiger partial charge in [-0.3, -0.25) is 9.52 Å². The molecule has 0 spiro atoms. The van der Waals surface area contributed by atoms with Gasteiger partial charge in [0.25, 0.3) is 5.91 Å². The zero-order chi connectivity index (χ0) is 14.4. The van der Waals surface area contributed by atoms with Crippen LogP contribution in [0.3, 0.4) is 0 Å². The Morgan fingerprint density at radius 3 is 2.65 bits per heavy atom. The number of hydrogen-bond donors (Lipinski definition) is 1. The van der Waals surface area contributed by atoms with Crippen LogP contribution in [0.5, 0.6) is 0 Å². The molecular formula is C13H21NO5S. The number of rotatable bonds is 4. The van der Waals surface area contributed by atoms with E-state index in [0.717, 1.165) is 19.3 Å². The Morgan fingerprint density at radius 2 is 2.15 bits per heavy atom. The van der Waals surface area contributed by atoms with E-state index in [0.29, 0.717) is 25.4 Å². The van der Waals surface area contributed by atoms with Gasteiger partial charge in [0.1, 0.15) is 0 Å². The third kappa shape index (κ3) is 2.25. The molecule has 1 aliphatic heterocycles. The van der Waals surface area contributed by atoms with Gasteiger partial charge in [0.15, 0.2) is 5.60 Å². The fourth-order valence-electron chi connectivity index (χ4n) is 3.84. The molecule has 1 saturated heterocycles. The van der Waals surface area contributed by atoms with E-state index in [4.69, 9.17) is 9.47 Å². The molecule has 1 heterocycles. The first-order chi connectivity index (χ1) is 9.47. The van der Waals surface area contributed by atoms with E-state index >= 15 is 0 Å². The van der Waals surface area contributed by atoms with Crippen molar-refractivity contribution in [3.05, 3.63) is 0 Å². The van der Waals surface area contributed by atoms with Crippen molar-refractivity contribution in [2.24, 2.45) is 11.8 Å². The molecule has 114 valence electrons. The SMILES string of the molecule is COC1(C(=O)NS(=O)(=O)C2C[C@@H]3CC[C@H]2C3)CCOC1.